The van der Waals surface area contributed by atoms with Gasteiger partial charge >= 0.3 is 11.7 Å². The molecule has 1 heterocycles. The van der Waals surface area contributed by atoms with Crippen molar-refractivity contribution >= 4 is 52.4 Å². The van der Waals surface area contributed by atoms with E-state index in [0.29, 0.717) is 0 Å². The number of rotatable bonds is 3. The molecule has 0 aromatic carbocycles. The minimum absolute atomic E-state index is 0.0128. The molecule has 0 aliphatic heterocycles. The Hall–Kier alpha value is -1.24. The fraction of sp³-hybridized carbons (Fsp3) is 0.222. The number of ether oxygens (including phenoxy) is 1. The highest BCUT2D eigenvalue weighted by Gasteiger charge is 2.29. The summed E-state index contributed by atoms with van der Waals surface area (Å²) in [6.07, 6.45) is -1.11. The molecular formula is C9H9Cl3N3O3+. The first-order chi connectivity index (χ1) is 8.25. The minimum atomic E-state index is -1.11. The standard InChI is InChI=1S/C9H8Cl3N3O3/c1-2(8(14)16)18-9(17)6-3(10)5(13)4(11)7(12)15-6/h2H,1H3,(H2,13,15)(H2,14,16)/p+1/t2-/m0/s1. The molecule has 0 aliphatic rings. The minimum Gasteiger partial charge on any atom is -0.445 e. The van der Waals surface area contributed by atoms with E-state index in [-0.39, 0.29) is 26.6 Å². The third kappa shape index (κ3) is 2.95. The molecule has 0 bridgehead atoms. The first-order valence-electron chi connectivity index (χ1n) is 4.61. The fourth-order valence-corrected chi connectivity index (χ4v) is 1.59. The van der Waals surface area contributed by atoms with E-state index in [9.17, 15) is 9.59 Å². The van der Waals surface area contributed by atoms with Crippen molar-refractivity contribution < 1.29 is 19.3 Å². The number of H-pyrrole nitrogens is 1. The molecule has 9 heteroatoms. The lowest BCUT2D eigenvalue weighted by atomic mass is 10.3. The second-order valence-corrected chi connectivity index (χ2v) is 4.44. The normalized spacial score (nSPS) is 12.0. The van der Waals surface area contributed by atoms with Gasteiger partial charge in [0.2, 0.25) is 0 Å². The van der Waals surface area contributed by atoms with E-state index in [1.54, 1.807) is 0 Å². The van der Waals surface area contributed by atoms with Gasteiger partial charge in [0.15, 0.2) is 6.10 Å². The Balaban J connectivity index is 3.11. The van der Waals surface area contributed by atoms with Gasteiger partial charge in [-0.25, -0.2) is 4.79 Å². The summed E-state index contributed by atoms with van der Waals surface area (Å²) in [5.74, 6) is -1.72. The maximum atomic E-state index is 11.7. The average molecular weight is 314 g/mol. The van der Waals surface area contributed by atoms with Crippen LogP contribution in [0.1, 0.15) is 17.4 Å². The Morgan fingerprint density at radius 2 is 1.83 bits per heavy atom. The molecule has 0 radical (unpaired) electrons. The van der Waals surface area contributed by atoms with Gasteiger partial charge in [0.05, 0.1) is 5.69 Å². The molecule has 0 saturated heterocycles. The predicted octanol–water partition coefficient (Wildman–Crippen LogP) is 1.07. The van der Waals surface area contributed by atoms with Gasteiger partial charge in [-0.15, -0.1) is 0 Å². The highest BCUT2D eigenvalue weighted by atomic mass is 35.5. The topological polar surface area (TPSA) is 110 Å². The van der Waals surface area contributed by atoms with Gasteiger partial charge in [0.25, 0.3) is 11.1 Å². The Morgan fingerprint density at radius 3 is 2.33 bits per heavy atom. The summed E-state index contributed by atoms with van der Waals surface area (Å²) < 4.78 is 4.74. The number of amides is 1. The molecule has 0 saturated carbocycles. The molecule has 0 aliphatic carbocycles. The van der Waals surface area contributed by atoms with Gasteiger partial charge in [-0.3, -0.25) is 4.79 Å². The van der Waals surface area contributed by atoms with Gasteiger partial charge in [0, 0.05) is 0 Å². The molecule has 98 valence electrons. The third-order valence-corrected chi connectivity index (χ3v) is 3.17. The largest absolute Gasteiger partial charge is 0.445 e. The zero-order chi connectivity index (χ0) is 14.0. The number of halogens is 3. The molecule has 1 aromatic heterocycles. The van der Waals surface area contributed by atoms with Crippen LogP contribution in [0.15, 0.2) is 0 Å². The first-order valence-corrected chi connectivity index (χ1v) is 5.74. The van der Waals surface area contributed by atoms with E-state index < -0.39 is 18.0 Å². The van der Waals surface area contributed by atoms with Crippen molar-refractivity contribution in [3.63, 3.8) is 0 Å². The van der Waals surface area contributed by atoms with Crippen LogP contribution in [0, 0.1) is 0 Å². The van der Waals surface area contributed by atoms with Crippen LogP contribution in [0.3, 0.4) is 0 Å². The Bertz CT molecular complexity index is 522. The van der Waals surface area contributed by atoms with E-state index in [4.69, 9.17) is 51.0 Å². The van der Waals surface area contributed by atoms with Gasteiger partial charge < -0.3 is 16.2 Å². The summed E-state index contributed by atoms with van der Waals surface area (Å²) in [5.41, 5.74) is 10.2. The van der Waals surface area contributed by atoms with E-state index in [2.05, 4.69) is 4.98 Å². The first kappa shape index (κ1) is 14.8. The van der Waals surface area contributed by atoms with Crippen LogP contribution in [0.5, 0.6) is 0 Å². The van der Waals surface area contributed by atoms with Crippen LogP contribution in [-0.2, 0) is 9.53 Å². The number of aromatic nitrogens is 1. The van der Waals surface area contributed by atoms with Crippen LogP contribution in [-0.4, -0.2) is 18.0 Å². The van der Waals surface area contributed by atoms with Crippen molar-refractivity contribution in [3.8, 4) is 0 Å². The molecule has 0 unspecified atom stereocenters. The summed E-state index contributed by atoms with van der Waals surface area (Å²) in [7, 11) is 0. The lowest BCUT2D eigenvalue weighted by Gasteiger charge is -2.08. The number of nitrogens with two attached hydrogens (primary N) is 2. The fourth-order valence-electron chi connectivity index (χ4n) is 0.987. The number of esters is 1. The molecule has 1 rings (SSSR count). The number of nitrogens with one attached hydrogen (secondary N) is 1. The van der Waals surface area contributed by atoms with Gasteiger partial charge in [-0.2, -0.15) is 4.98 Å². The molecular weight excluding hydrogens is 304 g/mol. The van der Waals surface area contributed by atoms with E-state index >= 15 is 0 Å². The molecule has 0 fully saturated rings. The smallest absolute Gasteiger partial charge is 0.406 e. The third-order valence-electron chi connectivity index (χ3n) is 2.01. The zero-order valence-corrected chi connectivity index (χ0v) is 11.4. The van der Waals surface area contributed by atoms with Crippen LogP contribution < -0.4 is 16.5 Å². The summed E-state index contributed by atoms with van der Waals surface area (Å²) in [4.78, 5) is 24.9. The van der Waals surface area contributed by atoms with Crippen molar-refractivity contribution in [2.24, 2.45) is 5.73 Å². The quantitative estimate of drug-likeness (QED) is 0.642. The highest BCUT2D eigenvalue weighted by Crippen LogP contribution is 2.32. The van der Waals surface area contributed by atoms with Crippen molar-refractivity contribution in [2.45, 2.75) is 13.0 Å². The SMILES string of the molecule is C[C@H](OC(=O)c1[nH+]c(Cl)c(Cl)c(N)c1Cl)C(N)=O. The average Bonchev–Trinajstić information content (AvgIpc) is 2.30. The molecule has 5 N–H and O–H groups in total. The lowest BCUT2D eigenvalue weighted by molar-refractivity contribution is -0.380. The van der Waals surface area contributed by atoms with Crippen LogP contribution >= 0.6 is 34.8 Å². The Labute approximate surface area is 117 Å². The van der Waals surface area contributed by atoms with E-state index in [1.807, 2.05) is 0 Å². The van der Waals surface area contributed by atoms with Gasteiger partial charge in [-0.1, -0.05) is 23.2 Å². The Morgan fingerprint density at radius 1 is 1.28 bits per heavy atom. The van der Waals surface area contributed by atoms with Crippen molar-refractivity contribution in [1.82, 2.24) is 0 Å². The second-order valence-electron chi connectivity index (χ2n) is 3.31. The van der Waals surface area contributed by atoms with Crippen molar-refractivity contribution in [1.29, 1.82) is 0 Å². The molecule has 1 amide bonds. The highest BCUT2D eigenvalue weighted by molar-refractivity contribution is 6.45. The van der Waals surface area contributed by atoms with E-state index in [0.717, 1.165) is 0 Å². The summed E-state index contributed by atoms with van der Waals surface area (Å²) in [6.45, 7) is 1.31. The van der Waals surface area contributed by atoms with Crippen molar-refractivity contribution in [3.05, 3.63) is 20.9 Å². The zero-order valence-electron chi connectivity index (χ0n) is 9.09. The van der Waals surface area contributed by atoms with Gasteiger partial charge in [0.1, 0.15) is 10.0 Å². The number of anilines is 1. The van der Waals surface area contributed by atoms with E-state index in [1.165, 1.54) is 6.92 Å². The lowest BCUT2D eigenvalue weighted by Crippen LogP contribution is -2.32. The van der Waals surface area contributed by atoms with Gasteiger partial charge in [-0.05, 0) is 18.5 Å². The van der Waals surface area contributed by atoms with Crippen LogP contribution in [0.2, 0.25) is 15.2 Å². The molecule has 1 aromatic rings. The molecule has 1 atom stereocenters. The second kappa shape index (κ2) is 5.60. The molecule has 6 nitrogen and oxygen atoms in total. The van der Waals surface area contributed by atoms with Crippen LogP contribution in [0.4, 0.5) is 5.69 Å². The number of nitrogen functional groups attached to an aromatic ring is 1. The predicted molar refractivity (Wildman–Crippen MR) is 66.5 cm³/mol. The summed E-state index contributed by atoms with van der Waals surface area (Å²) >= 11 is 17.2. The number of primary amides is 1. The van der Waals surface area contributed by atoms with Crippen LogP contribution in [0.25, 0.3) is 0 Å². The van der Waals surface area contributed by atoms with Crippen molar-refractivity contribution in [2.75, 3.05) is 5.73 Å². The number of carbonyl (C=O) groups excluding carboxylic acids is 2. The number of hydrogen-bond acceptors (Lipinski definition) is 4. The number of hydrogen-bond donors (Lipinski definition) is 2. The Kier molecular flexibility index (Phi) is 4.61. The maximum Gasteiger partial charge on any atom is 0.406 e. The molecule has 0 spiro atoms. The number of aromatic amines is 1. The maximum absolute atomic E-state index is 11.7. The summed E-state index contributed by atoms with van der Waals surface area (Å²) in [6, 6.07) is 0. The molecule has 18 heavy (non-hydrogen) atoms. The monoisotopic (exact) mass is 312 g/mol. The number of carbonyl (C=O) groups is 2. The summed E-state index contributed by atoms with van der Waals surface area (Å²) in [5, 5.41) is -0.232. The number of pyridine rings is 1.